The van der Waals surface area contributed by atoms with Crippen LogP contribution < -0.4 is 10.1 Å². The molecule has 3 rings (SSSR count). The second-order valence-corrected chi connectivity index (χ2v) is 6.94. The number of alkyl halides is 3. The van der Waals surface area contributed by atoms with Crippen LogP contribution in [0.2, 0.25) is 0 Å². The van der Waals surface area contributed by atoms with E-state index < -0.39 is 30.0 Å². The second-order valence-electron chi connectivity index (χ2n) is 6.94. The molecule has 0 aliphatic heterocycles. The average Bonchev–Trinajstić information content (AvgIpc) is 3.18. The maximum absolute atomic E-state index is 13.1. The van der Waals surface area contributed by atoms with Crippen LogP contribution in [0.3, 0.4) is 0 Å². The van der Waals surface area contributed by atoms with E-state index in [0.29, 0.717) is 17.1 Å². The number of rotatable bonds is 6. The molecule has 1 aromatic heterocycles. The lowest BCUT2D eigenvalue weighted by Crippen LogP contribution is -2.22. The molecule has 0 saturated carbocycles. The van der Waals surface area contributed by atoms with Crippen molar-refractivity contribution >= 4 is 11.6 Å². The monoisotopic (exact) mass is 419 g/mol. The van der Waals surface area contributed by atoms with E-state index in [1.54, 1.807) is 25.1 Å². The van der Waals surface area contributed by atoms with Crippen LogP contribution in [0.1, 0.15) is 36.7 Å². The number of nitrogens with one attached hydrogen (secondary N) is 1. The summed E-state index contributed by atoms with van der Waals surface area (Å²) in [5.41, 5.74) is 0.717. The molecule has 1 heterocycles. The number of carbonyl (C=O) groups excluding carboxylic acids is 1. The van der Waals surface area contributed by atoms with Crippen LogP contribution >= 0.6 is 0 Å². The van der Waals surface area contributed by atoms with Crippen LogP contribution in [0.5, 0.6) is 5.75 Å². The molecule has 6 nitrogen and oxygen atoms in total. The fourth-order valence-electron chi connectivity index (χ4n) is 2.74. The van der Waals surface area contributed by atoms with Crippen molar-refractivity contribution in [3.05, 3.63) is 59.4 Å². The molecule has 3 aromatic rings. The standard InChI is InChI=1S/C21H20F3N3O3/c1-12(2)19-26-20(30-27-19)14-8-6-7-13(3)18(14)25-17(28)11-29-16-10-5-4-9-15(16)21(22,23)24/h4-10,12H,11H2,1-3H3,(H,25,28). The number of ether oxygens (including phenoxy) is 1. The van der Waals surface area contributed by atoms with Gasteiger partial charge in [-0.1, -0.05) is 43.3 Å². The van der Waals surface area contributed by atoms with Crippen LogP contribution in [0.15, 0.2) is 47.0 Å². The molecule has 1 N–H and O–H groups in total. The van der Waals surface area contributed by atoms with Crippen molar-refractivity contribution < 1.29 is 27.2 Å². The first kappa shape index (κ1) is 21.4. The van der Waals surface area contributed by atoms with Crippen molar-refractivity contribution in [3.8, 4) is 17.2 Å². The molecule has 0 fully saturated rings. The van der Waals surface area contributed by atoms with E-state index in [1.165, 1.54) is 18.2 Å². The summed E-state index contributed by atoms with van der Waals surface area (Å²) in [5, 5.41) is 6.59. The number of halogens is 3. The van der Waals surface area contributed by atoms with Crippen molar-refractivity contribution in [1.29, 1.82) is 0 Å². The minimum absolute atomic E-state index is 0.0625. The minimum atomic E-state index is -4.58. The van der Waals surface area contributed by atoms with E-state index in [0.717, 1.165) is 11.6 Å². The maximum Gasteiger partial charge on any atom is 0.419 e. The molecule has 0 aliphatic carbocycles. The number of para-hydroxylation sites is 2. The van der Waals surface area contributed by atoms with Gasteiger partial charge in [0, 0.05) is 5.92 Å². The van der Waals surface area contributed by atoms with Gasteiger partial charge in [-0.15, -0.1) is 0 Å². The molecule has 158 valence electrons. The van der Waals surface area contributed by atoms with Crippen LogP contribution in [-0.4, -0.2) is 22.7 Å². The summed E-state index contributed by atoms with van der Waals surface area (Å²) in [5.74, 6) is -0.209. The largest absolute Gasteiger partial charge is 0.483 e. The summed E-state index contributed by atoms with van der Waals surface area (Å²) in [6, 6.07) is 9.99. The third-order valence-electron chi connectivity index (χ3n) is 4.28. The minimum Gasteiger partial charge on any atom is -0.483 e. The van der Waals surface area contributed by atoms with Gasteiger partial charge in [-0.25, -0.2) is 0 Å². The molecular weight excluding hydrogens is 399 g/mol. The van der Waals surface area contributed by atoms with Gasteiger partial charge in [0.1, 0.15) is 5.75 Å². The lowest BCUT2D eigenvalue weighted by Gasteiger charge is -2.15. The van der Waals surface area contributed by atoms with Gasteiger partial charge < -0.3 is 14.6 Å². The van der Waals surface area contributed by atoms with Gasteiger partial charge in [-0.05, 0) is 30.7 Å². The lowest BCUT2D eigenvalue weighted by atomic mass is 10.1. The fraction of sp³-hybridized carbons (Fsp3) is 0.286. The van der Waals surface area contributed by atoms with E-state index in [2.05, 4.69) is 15.5 Å². The van der Waals surface area contributed by atoms with Gasteiger partial charge in [0.2, 0.25) is 0 Å². The first-order chi connectivity index (χ1) is 14.2. The van der Waals surface area contributed by atoms with Gasteiger partial charge in [0.25, 0.3) is 11.8 Å². The molecule has 9 heteroatoms. The molecule has 1 amide bonds. The Morgan fingerprint density at radius 1 is 1.17 bits per heavy atom. The highest BCUT2D eigenvalue weighted by Crippen LogP contribution is 2.36. The number of carbonyl (C=O) groups is 1. The van der Waals surface area contributed by atoms with E-state index in [-0.39, 0.29) is 11.8 Å². The van der Waals surface area contributed by atoms with E-state index in [4.69, 9.17) is 9.26 Å². The summed E-state index contributed by atoms with van der Waals surface area (Å²) < 4.78 is 49.6. The lowest BCUT2D eigenvalue weighted by molar-refractivity contribution is -0.139. The molecule has 0 bridgehead atoms. The number of aromatic nitrogens is 2. The Morgan fingerprint density at radius 3 is 2.57 bits per heavy atom. The fourth-order valence-corrected chi connectivity index (χ4v) is 2.74. The Labute approximate surface area is 171 Å². The zero-order valence-electron chi connectivity index (χ0n) is 16.6. The molecule has 0 spiro atoms. The van der Waals surface area contributed by atoms with Crippen molar-refractivity contribution in [2.75, 3.05) is 11.9 Å². The first-order valence-electron chi connectivity index (χ1n) is 9.19. The Hall–Kier alpha value is -3.36. The zero-order valence-corrected chi connectivity index (χ0v) is 16.6. The van der Waals surface area contributed by atoms with E-state index in [1.807, 2.05) is 13.8 Å². The summed E-state index contributed by atoms with van der Waals surface area (Å²) in [6.45, 7) is 5.02. The molecule has 0 unspecified atom stereocenters. The average molecular weight is 419 g/mol. The summed E-state index contributed by atoms with van der Waals surface area (Å²) in [4.78, 5) is 16.7. The SMILES string of the molecule is Cc1cccc(-c2nc(C(C)C)no2)c1NC(=O)COc1ccccc1C(F)(F)F. The van der Waals surface area contributed by atoms with Gasteiger partial charge in [0.05, 0.1) is 16.8 Å². The number of hydrogen-bond donors (Lipinski definition) is 1. The maximum atomic E-state index is 13.1. The van der Waals surface area contributed by atoms with Crippen molar-refractivity contribution in [2.24, 2.45) is 0 Å². The van der Waals surface area contributed by atoms with Crippen LogP contribution in [0.25, 0.3) is 11.5 Å². The van der Waals surface area contributed by atoms with Crippen molar-refractivity contribution in [3.63, 3.8) is 0 Å². The number of benzene rings is 2. The summed E-state index contributed by atoms with van der Waals surface area (Å²) >= 11 is 0. The third kappa shape index (κ3) is 4.79. The Bertz CT molecular complexity index is 1050. The Balaban J connectivity index is 1.78. The normalized spacial score (nSPS) is 11.6. The predicted molar refractivity (Wildman–Crippen MR) is 104 cm³/mol. The van der Waals surface area contributed by atoms with Gasteiger partial charge >= 0.3 is 6.18 Å². The molecule has 0 saturated heterocycles. The molecule has 0 radical (unpaired) electrons. The first-order valence-corrected chi connectivity index (χ1v) is 9.19. The van der Waals surface area contributed by atoms with Crippen molar-refractivity contribution in [1.82, 2.24) is 10.1 Å². The topological polar surface area (TPSA) is 77.3 Å². The number of anilines is 1. The van der Waals surface area contributed by atoms with Gasteiger partial charge in [0.15, 0.2) is 12.4 Å². The molecule has 2 aromatic carbocycles. The third-order valence-corrected chi connectivity index (χ3v) is 4.28. The van der Waals surface area contributed by atoms with Crippen LogP contribution in [-0.2, 0) is 11.0 Å². The second kappa shape index (κ2) is 8.56. The quantitative estimate of drug-likeness (QED) is 0.594. The Morgan fingerprint density at radius 2 is 1.90 bits per heavy atom. The molecule has 0 atom stereocenters. The van der Waals surface area contributed by atoms with Crippen molar-refractivity contribution in [2.45, 2.75) is 32.9 Å². The molecule has 0 aliphatic rings. The van der Waals surface area contributed by atoms with Crippen LogP contribution in [0, 0.1) is 6.92 Å². The summed E-state index contributed by atoms with van der Waals surface area (Å²) in [6.07, 6.45) is -4.58. The molecular formula is C21H20F3N3O3. The smallest absolute Gasteiger partial charge is 0.419 e. The number of amides is 1. The van der Waals surface area contributed by atoms with Gasteiger partial charge in [-0.3, -0.25) is 4.79 Å². The zero-order chi connectivity index (χ0) is 21.9. The van der Waals surface area contributed by atoms with E-state index >= 15 is 0 Å². The van der Waals surface area contributed by atoms with Gasteiger partial charge in [-0.2, -0.15) is 18.2 Å². The Kier molecular flexibility index (Phi) is 6.09. The summed E-state index contributed by atoms with van der Waals surface area (Å²) in [7, 11) is 0. The number of hydrogen-bond acceptors (Lipinski definition) is 5. The van der Waals surface area contributed by atoms with E-state index in [9.17, 15) is 18.0 Å². The predicted octanol–water partition coefficient (Wildman–Crippen LogP) is 5.20. The highest BCUT2D eigenvalue weighted by atomic mass is 19.4. The highest BCUT2D eigenvalue weighted by Gasteiger charge is 2.34. The number of nitrogens with zero attached hydrogens (tertiary/aromatic N) is 2. The molecule has 30 heavy (non-hydrogen) atoms. The highest BCUT2D eigenvalue weighted by molar-refractivity contribution is 5.96. The van der Waals surface area contributed by atoms with Crippen LogP contribution in [0.4, 0.5) is 18.9 Å². The number of aryl methyl sites for hydroxylation is 1.